The number of thiophene rings is 1. The summed E-state index contributed by atoms with van der Waals surface area (Å²) in [4.78, 5) is 11.9. The second-order valence-corrected chi connectivity index (χ2v) is 8.03. The van der Waals surface area contributed by atoms with Crippen LogP contribution in [0.3, 0.4) is 0 Å². The number of hydrogen-bond acceptors (Lipinski definition) is 4. The zero-order chi connectivity index (χ0) is 20.8. The minimum absolute atomic E-state index is 0.0500. The average Bonchev–Trinajstić information content (AvgIpc) is 3.15. The van der Waals surface area contributed by atoms with Crippen LogP contribution < -0.4 is 4.74 Å². The summed E-state index contributed by atoms with van der Waals surface area (Å²) in [5.41, 5.74) is 6.05. The highest BCUT2D eigenvalue weighted by atomic mass is 32.1. The molecule has 0 radical (unpaired) electrons. The Kier molecular flexibility index (Phi) is 7.07. The van der Waals surface area contributed by atoms with Crippen molar-refractivity contribution in [1.82, 2.24) is 0 Å². The van der Waals surface area contributed by atoms with Gasteiger partial charge in [0.1, 0.15) is 12.7 Å². The van der Waals surface area contributed by atoms with Crippen LogP contribution in [0.1, 0.15) is 41.0 Å². The molecule has 1 aromatic heterocycles. The van der Waals surface area contributed by atoms with Gasteiger partial charge < -0.3 is 14.6 Å². The molecule has 0 saturated carbocycles. The van der Waals surface area contributed by atoms with Crippen LogP contribution in [0, 0.1) is 13.8 Å². The molecule has 152 valence electrons. The molecule has 0 amide bonds. The zero-order valence-corrected chi connectivity index (χ0v) is 17.8. The van der Waals surface area contributed by atoms with Gasteiger partial charge in [0.15, 0.2) is 5.06 Å². The number of carbonyl (C=O) groups is 1. The van der Waals surface area contributed by atoms with Crippen molar-refractivity contribution in [2.75, 3.05) is 6.61 Å². The zero-order valence-electron chi connectivity index (χ0n) is 17.0. The molecule has 0 aliphatic heterocycles. The Bertz CT molecular complexity index is 956. The lowest BCUT2D eigenvalue weighted by atomic mass is 9.95. The number of carboxylic acid groups (broad SMARTS) is 1. The molecule has 0 aliphatic carbocycles. The van der Waals surface area contributed by atoms with E-state index < -0.39 is 12.1 Å². The molecule has 3 rings (SSSR count). The SMILES string of the molecule is CCOC(CC(=O)O)c1ccc(OCc2cccc(-c3c(C)cccc3C)c2)s1. The molecule has 0 aliphatic rings. The molecular formula is C24H26O4S. The topological polar surface area (TPSA) is 55.8 Å². The van der Waals surface area contributed by atoms with Crippen LogP contribution in [0.4, 0.5) is 0 Å². The maximum atomic E-state index is 11.1. The Morgan fingerprint density at radius 1 is 1.07 bits per heavy atom. The van der Waals surface area contributed by atoms with E-state index in [4.69, 9.17) is 14.6 Å². The third-order valence-corrected chi connectivity index (χ3v) is 5.82. The summed E-state index contributed by atoms with van der Waals surface area (Å²) >= 11 is 1.44. The smallest absolute Gasteiger partial charge is 0.306 e. The van der Waals surface area contributed by atoms with Crippen molar-refractivity contribution in [3.8, 4) is 16.2 Å². The summed E-state index contributed by atoms with van der Waals surface area (Å²) in [6.07, 6.45) is -0.488. The number of aryl methyl sites for hydroxylation is 2. The minimum atomic E-state index is -0.873. The predicted octanol–water partition coefficient (Wildman–Crippen LogP) is 6.16. The van der Waals surface area contributed by atoms with Gasteiger partial charge in [-0.15, -0.1) is 11.3 Å². The van der Waals surface area contributed by atoms with Gasteiger partial charge >= 0.3 is 5.97 Å². The minimum Gasteiger partial charge on any atom is -0.481 e. The number of rotatable bonds is 9. The van der Waals surface area contributed by atoms with Gasteiger partial charge in [-0.3, -0.25) is 4.79 Å². The molecule has 1 N–H and O–H groups in total. The Morgan fingerprint density at radius 2 is 1.79 bits per heavy atom. The summed E-state index contributed by atoms with van der Waals surface area (Å²) in [7, 11) is 0. The first-order chi connectivity index (χ1) is 14.0. The van der Waals surface area contributed by atoms with E-state index in [1.807, 2.05) is 19.1 Å². The molecule has 5 heteroatoms. The molecule has 29 heavy (non-hydrogen) atoms. The lowest BCUT2D eigenvalue weighted by molar-refractivity contribution is -0.140. The highest BCUT2D eigenvalue weighted by Gasteiger charge is 2.18. The van der Waals surface area contributed by atoms with Crippen molar-refractivity contribution >= 4 is 17.3 Å². The quantitative estimate of drug-likeness (QED) is 0.459. The molecule has 0 saturated heterocycles. The van der Waals surface area contributed by atoms with E-state index >= 15 is 0 Å². The van der Waals surface area contributed by atoms with Gasteiger partial charge in [0.2, 0.25) is 0 Å². The fraction of sp³-hybridized carbons (Fsp3) is 0.292. The van der Waals surface area contributed by atoms with Gasteiger partial charge in [0.25, 0.3) is 0 Å². The van der Waals surface area contributed by atoms with Gasteiger partial charge in [0, 0.05) is 11.5 Å². The monoisotopic (exact) mass is 410 g/mol. The van der Waals surface area contributed by atoms with Gasteiger partial charge in [0.05, 0.1) is 6.42 Å². The molecule has 4 nitrogen and oxygen atoms in total. The second kappa shape index (κ2) is 9.72. The molecule has 1 heterocycles. The van der Waals surface area contributed by atoms with Crippen molar-refractivity contribution in [3.05, 3.63) is 76.2 Å². The molecule has 2 aromatic carbocycles. The van der Waals surface area contributed by atoms with E-state index in [0.717, 1.165) is 15.5 Å². The summed E-state index contributed by atoms with van der Waals surface area (Å²) < 4.78 is 11.5. The van der Waals surface area contributed by atoms with E-state index in [1.165, 1.54) is 33.6 Å². The molecule has 3 aromatic rings. The van der Waals surface area contributed by atoms with Gasteiger partial charge in [-0.25, -0.2) is 0 Å². The van der Waals surface area contributed by atoms with E-state index in [0.29, 0.717) is 13.2 Å². The third kappa shape index (κ3) is 5.46. The number of hydrogen-bond donors (Lipinski definition) is 1. The van der Waals surface area contributed by atoms with E-state index in [-0.39, 0.29) is 6.42 Å². The lowest BCUT2D eigenvalue weighted by Gasteiger charge is -2.13. The highest BCUT2D eigenvalue weighted by molar-refractivity contribution is 7.13. The highest BCUT2D eigenvalue weighted by Crippen LogP contribution is 2.34. The Morgan fingerprint density at radius 3 is 2.48 bits per heavy atom. The number of aliphatic carboxylic acids is 1. The Hall–Kier alpha value is -2.63. The van der Waals surface area contributed by atoms with Gasteiger partial charge in [-0.2, -0.15) is 0 Å². The number of carboxylic acids is 1. The van der Waals surface area contributed by atoms with Crippen LogP contribution in [0.5, 0.6) is 5.06 Å². The van der Waals surface area contributed by atoms with Crippen molar-refractivity contribution < 1.29 is 19.4 Å². The number of benzene rings is 2. The van der Waals surface area contributed by atoms with Crippen LogP contribution >= 0.6 is 11.3 Å². The number of ether oxygens (including phenoxy) is 2. The molecule has 1 unspecified atom stereocenters. The largest absolute Gasteiger partial charge is 0.481 e. The van der Waals surface area contributed by atoms with Crippen LogP contribution in [-0.2, 0) is 16.1 Å². The van der Waals surface area contributed by atoms with Crippen molar-refractivity contribution in [2.45, 2.75) is 39.9 Å². The van der Waals surface area contributed by atoms with Crippen LogP contribution in [0.2, 0.25) is 0 Å². The lowest BCUT2D eigenvalue weighted by Crippen LogP contribution is -2.08. The van der Waals surface area contributed by atoms with Gasteiger partial charge in [-0.05, 0) is 66.8 Å². The first kappa shape index (κ1) is 21.1. The maximum absolute atomic E-state index is 11.1. The summed E-state index contributed by atoms with van der Waals surface area (Å²) in [5.74, 6) is -0.873. The fourth-order valence-electron chi connectivity index (χ4n) is 3.43. The average molecular weight is 411 g/mol. The van der Waals surface area contributed by atoms with Crippen molar-refractivity contribution in [1.29, 1.82) is 0 Å². The summed E-state index contributed by atoms with van der Waals surface area (Å²) in [6, 6.07) is 18.5. The van der Waals surface area contributed by atoms with Crippen LogP contribution in [0.25, 0.3) is 11.1 Å². The van der Waals surface area contributed by atoms with Crippen molar-refractivity contribution in [3.63, 3.8) is 0 Å². The molecule has 1 atom stereocenters. The molecule has 0 fully saturated rings. The predicted molar refractivity (Wildman–Crippen MR) is 117 cm³/mol. The van der Waals surface area contributed by atoms with Crippen LogP contribution in [0.15, 0.2) is 54.6 Å². The Balaban J connectivity index is 1.71. The fourth-order valence-corrected chi connectivity index (χ4v) is 4.33. The van der Waals surface area contributed by atoms with Gasteiger partial charge in [-0.1, -0.05) is 36.4 Å². The standard InChI is InChI=1S/C24H26O4S/c1-4-27-20(14-22(25)26)21-11-12-23(29-21)28-15-18-9-6-10-19(13-18)24-16(2)7-5-8-17(24)3/h5-13,20H,4,14-15H2,1-3H3,(H,25,26). The Labute approximate surface area is 175 Å². The third-order valence-electron chi connectivity index (χ3n) is 4.73. The first-order valence-electron chi connectivity index (χ1n) is 9.69. The normalized spacial score (nSPS) is 12.0. The molecule has 0 bridgehead atoms. The van der Waals surface area contributed by atoms with Crippen LogP contribution in [-0.4, -0.2) is 17.7 Å². The van der Waals surface area contributed by atoms with E-state index in [2.05, 4.69) is 56.3 Å². The van der Waals surface area contributed by atoms with Crippen molar-refractivity contribution in [2.24, 2.45) is 0 Å². The molecular weight excluding hydrogens is 384 g/mol. The summed E-state index contributed by atoms with van der Waals surface area (Å²) in [6.45, 7) is 7.05. The van der Waals surface area contributed by atoms with E-state index in [9.17, 15) is 4.79 Å². The molecule has 0 spiro atoms. The first-order valence-corrected chi connectivity index (χ1v) is 10.5. The van der Waals surface area contributed by atoms with E-state index in [1.54, 1.807) is 0 Å². The maximum Gasteiger partial charge on any atom is 0.306 e. The summed E-state index contributed by atoms with van der Waals surface area (Å²) in [5, 5.41) is 9.84. The second-order valence-electron chi connectivity index (χ2n) is 6.95.